The molecule has 0 aliphatic heterocycles. The summed E-state index contributed by atoms with van der Waals surface area (Å²) < 4.78 is 15.1. The van der Waals surface area contributed by atoms with E-state index in [1.807, 2.05) is 54.6 Å². The molecule has 0 bridgehead atoms. The van der Waals surface area contributed by atoms with Crippen LogP contribution in [0.15, 0.2) is 72.0 Å². The SMILES string of the molecule is Cc1c(SCCCCCc2ccc(F)cc2)ccnc1CSn1cnc2ccccc21. The lowest BCUT2D eigenvalue weighted by Gasteiger charge is -2.10. The molecule has 2 aromatic carbocycles. The molecule has 0 fully saturated rings. The third-order valence-electron chi connectivity index (χ3n) is 5.30. The fraction of sp³-hybridized carbons (Fsp3) is 0.280. The first-order chi connectivity index (χ1) is 15.2. The Balaban J connectivity index is 1.24. The van der Waals surface area contributed by atoms with Crippen molar-refractivity contribution in [2.24, 2.45) is 0 Å². The number of halogens is 1. The molecule has 0 spiro atoms. The van der Waals surface area contributed by atoms with Crippen molar-refractivity contribution in [3.63, 3.8) is 0 Å². The van der Waals surface area contributed by atoms with Crippen molar-refractivity contribution in [3.05, 3.63) is 89.8 Å². The molecule has 31 heavy (non-hydrogen) atoms. The smallest absolute Gasteiger partial charge is 0.123 e. The molecular weight excluding hydrogens is 425 g/mol. The lowest BCUT2D eigenvalue weighted by molar-refractivity contribution is 0.626. The van der Waals surface area contributed by atoms with E-state index in [2.05, 4.69) is 33.0 Å². The number of benzene rings is 2. The number of aromatic nitrogens is 3. The van der Waals surface area contributed by atoms with Crippen molar-refractivity contribution < 1.29 is 4.39 Å². The third-order valence-corrected chi connectivity index (χ3v) is 7.52. The molecule has 0 amide bonds. The lowest BCUT2D eigenvalue weighted by Crippen LogP contribution is -1.96. The monoisotopic (exact) mass is 451 g/mol. The molecule has 0 saturated carbocycles. The largest absolute Gasteiger partial charge is 0.272 e. The summed E-state index contributed by atoms with van der Waals surface area (Å²) in [5, 5.41) is 0. The summed E-state index contributed by atoms with van der Waals surface area (Å²) in [5.41, 5.74) is 5.77. The van der Waals surface area contributed by atoms with Gasteiger partial charge in [-0.3, -0.25) is 8.96 Å². The maximum absolute atomic E-state index is 13.0. The molecule has 0 unspecified atom stereocenters. The summed E-state index contributed by atoms with van der Waals surface area (Å²) in [6, 6.07) is 17.2. The fourth-order valence-electron chi connectivity index (χ4n) is 3.47. The summed E-state index contributed by atoms with van der Waals surface area (Å²) in [5.74, 6) is 1.76. The summed E-state index contributed by atoms with van der Waals surface area (Å²) in [6.45, 7) is 2.17. The van der Waals surface area contributed by atoms with Crippen LogP contribution in [0.1, 0.15) is 36.1 Å². The highest BCUT2D eigenvalue weighted by Crippen LogP contribution is 2.28. The van der Waals surface area contributed by atoms with E-state index in [-0.39, 0.29) is 5.82 Å². The fourth-order valence-corrected chi connectivity index (χ4v) is 5.49. The van der Waals surface area contributed by atoms with E-state index in [9.17, 15) is 4.39 Å². The van der Waals surface area contributed by atoms with Gasteiger partial charge in [-0.05, 0) is 85.3 Å². The molecule has 6 heteroatoms. The number of imidazole rings is 1. The van der Waals surface area contributed by atoms with Gasteiger partial charge in [-0.15, -0.1) is 11.8 Å². The number of pyridine rings is 1. The zero-order valence-electron chi connectivity index (χ0n) is 17.6. The Morgan fingerprint density at radius 1 is 0.935 bits per heavy atom. The number of hydrogen-bond acceptors (Lipinski definition) is 4. The molecule has 0 radical (unpaired) electrons. The summed E-state index contributed by atoms with van der Waals surface area (Å²) in [6.07, 6.45) is 8.33. The van der Waals surface area contributed by atoms with E-state index < -0.39 is 0 Å². The van der Waals surface area contributed by atoms with E-state index in [0.29, 0.717) is 0 Å². The second-order valence-corrected chi connectivity index (χ2v) is 9.58. The Labute approximate surface area is 191 Å². The summed E-state index contributed by atoms with van der Waals surface area (Å²) in [4.78, 5) is 10.4. The topological polar surface area (TPSA) is 30.7 Å². The third kappa shape index (κ3) is 5.89. The highest BCUT2D eigenvalue weighted by atomic mass is 32.2. The van der Waals surface area contributed by atoms with E-state index >= 15 is 0 Å². The number of nitrogens with zero attached hydrogens (tertiary/aromatic N) is 3. The van der Waals surface area contributed by atoms with Crippen molar-refractivity contribution in [3.8, 4) is 0 Å². The molecule has 0 saturated heterocycles. The second-order valence-electron chi connectivity index (χ2n) is 7.50. The Morgan fingerprint density at radius 2 is 1.77 bits per heavy atom. The quantitative estimate of drug-likeness (QED) is 0.190. The molecule has 0 atom stereocenters. The highest BCUT2D eigenvalue weighted by Gasteiger charge is 2.08. The first-order valence-corrected chi connectivity index (χ1v) is 12.5. The van der Waals surface area contributed by atoms with E-state index in [1.165, 1.54) is 28.9 Å². The molecule has 4 aromatic rings. The molecular formula is C25H26FN3S2. The molecule has 2 heterocycles. The minimum absolute atomic E-state index is 0.163. The minimum Gasteiger partial charge on any atom is -0.272 e. The van der Waals surface area contributed by atoms with Gasteiger partial charge < -0.3 is 0 Å². The van der Waals surface area contributed by atoms with Crippen molar-refractivity contribution in [1.82, 2.24) is 13.9 Å². The molecule has 3 nitrogen and oxygen atoms in total. The van der Waals surface area contributed by atoms with Gasteiger partial charge in [0.05, 0.1) is 22.5 Å². The highest BCUT2D eigenvalue weighted by molar-refractivity contribution is 7.99. The van der Waals surface area contributed by atoms with Gasteiger partial charge in [-0.1, -0.05) is 30.7 Å². The normalized spacial score (nSPS) is 11.3. The predicted octanol–water partition coefficient (Wildman–Crippen LogP) is 7.08. The number of unbranched alkanes of at least 4 members (excludes halogenated alkanes) is 2. The van der Waals surface area contributed by atoms with Crippen LogP contribution >= 0.6 is 23.7 Å². The molecule has 4 rings (SSSR count). The van der Waals surface area contributed by atoms with Gasteiger partial charge in [-0.25, -0.2) is 9.37 Å². The maximum Gasteiger partial charge on any atom is 0.123 e. The molecule has 160 valence electrons. The number of rotatable bonds is 10. The van der Waals surface area contributed by atoms with E-state index in [0.717, 1.165) is 41.1 Å². The van der Waals surface area contributed by atoms with Crippen LogP contribution in [-0.2, 0) is 12.2 Å². The van der Waals surface area contributed by atoms with Gasteiger partial charge >= 0.3 is 0 Å². The molecule has 2 aromatic heterocycles. The van der Waals surface area contributed by atoms with E-state index in [1.54, 1.807) is 24.1 Å². The number of hydrogen-bond donors (Lipinski definition) is 0. The minimum atomic E-state index is -0.163. The molecule has 0 aliphatic carbocycles. The van der Waals surface area contributed by atoms with Crippen LogP contribution in [0.4, 0.5) is 4.39 Å². The van der Waals surface area contributed by atoms with Gasteiger partial charge in [0.25, 0.3) is 0 Å². The number of fused-ring (bicyclic) bond motifs is 1. The zero-order chi connectivity index (χ0) is 21.5. The van der Waals surface area contributed by atoms with Gasteiger partial charge in [0, 0.05) is 11.1 Å². The Kier molecular flexibility index (Phi) is 7.65. The van der Waals surface area contributed by atoms with Crippen LogP contribution in [0, 0.1) is 12.7 Å². The Hall–Kier alpha value is -2.31. The average molecular weight is 452 g/mol. The van der Waals surface area contributed by atoms with Gasteiger partial charge in [-0.2, -0.15) is 0 Å². The average Bonchev–Trinajstić information content (AvgIpc) is 3.21. The van der Waals surface area contributed by atoms with Crippen LogP contribution in [0.5, 0.6) is 0 Å². The first kappa shape index (κ1) is 21.9. The molecule has 0 aliphatic rings. The van der Waals surface area contributed by atoms with Crippen LogP contribution in [0.3, 0.4) is 0 Å². The second kappa shape index (κ2) is 10.8. The number of para-hydroxylation sites is 2. The predicted molar refractivity (Wildman–Crippen MR) is 130 cm³/mol. The standard InChI is InChI=1S/C25H26FN3S2/c1-19-23(17-31-29-18-28-22-8-4-5-9-24(22)29)27-15-14-25(19)30-16-6-2-3-7-20-10-12-21(26)13-11-20/h4-5,8-15,18H,2-3,6-7,16-17H2,1H3. The number of aryl methyl sites for hydroxylation is 1. The van der Waals surface area contributed by atoms with Crippen LogP contribution < -0.4 is 0 Å². The summed E-state index contributed by atoms with van der Waals surface area (Å²) >= 11 is 3.64. The van der Waals surface area contributed by atoms with Gasteiger partial charge in [0.15, 0.2) is 0 Å². The zero-order valence-corrected chi connectivity index (χ0v) is 19.3. The van der Waals surface area contributed by atoms with Crippen molar-refractivity contribution in [1.29, 1.82) is 0 Å². The van der Waals surface area contributed by atoms with Crippen LogP contribution in [0.2, 0.25) is 0 Å². The van der Waals surface area contributed by atoms with Crippen molar-refractivity contribution in [2.75, 3.05) is 5.75 Å². The lowest BCUT2D eigenvalue weighted by atomic mass is 10.1. The van der Waals surface area contributed by atoms with E-state index in [4.69, 9.17) is 0 Å². The Morgan fingerprint density at radius 3 is 2.65 bits per heavy atom. The van der Waals surface area contributed by atoms with Crippen molar-refractivity contribution >= 4 is 34.7 Å². The van der Waals surface area contributed by atoms with Crippen LogP contribution in [-0.4, -0.2) is 19.7 Å². The van der Waals surface area contributed by atoms with Gasteiger partial charge in [0.2, 0.25) is 0 Å². The maximum atomic E-state index is 13.0. The summed E-state index contributed by atoms with van der Waals surface area (Å²) in [7, 11) is 0. The molecule has 0 N–H and O–H groups in total. The Bertz CT molecular complexity index is 1130. The number of thioether (sulfide) groups is 1. The van der Waals surface area contributed by atoms with Crippen molar-refractivity contribution in [2.45, 2.75) is 43.3 Å². The first-order valence-electron chi connectivity index (χ1n) is 10.6. The van der Waals surface area contributed by atoms with Crippen LogP contribution in [0.25, 0.3) is 11.0 Å². The van der Waals surface area contributed by atoms with Gasteiger partial charge in [0.1, 0.15) is 12.1 Å².